The Bertz CT molecular complexity index is 496. The van der Waals surface area contributed by atoms with Crippen LogP contribution in [0.4, 0.5) is 4.79 Å². The van der Waals surface area contributed by atoms with Gasteiger partial charge in [-0.3, -0.25) is 4.79 Å². The van der Waals surface area contributed by atoms with Crippen molar-refractivity contribution in [2.45, 2.75) is 44.6 Å². The van der Waals surface area contributed by atoms with Crippen molar-refractivity contribution in [3.05, 3.63) is 11.7 Å². The molecule has 1 aliphatic carbocycles. The van der Waals surface area contributed by atoms with Gasteiger partial charge in [0.25, 0.3) is 0 Å². The van der Waals surface area contributed by atoms with Crippen LogP contribution in [-0.4, -0.2) is 40.6 Å². The Morgan fingerprint density at radius 1 is 1.38 bits per heavy atom. The Kier molecular flexibility index (Phi) is 5.13. The fourth-order valence-corrected chi connectivity index (χ4v) is 2.39. The molecule has 0 bridgehead atoms. The van der Waals surface area contributed by atoms with Gasteiger partial charge in [-0.1, -0.05) is 24.4 Å². The normalized spacial score (nSPS) is 15.7. The molecule has 0 saturated heterocycles. The number of likely N-dealkylation sites (N-methyl/N-ethyl adjacent to an activating group) is 1. The Labute approximate surface area is 123 Å². The van der Waals surface area contributed by atoms with E-state index in [9.17, 15) is 9.59 Å². The number of nitrogens with zero attached hydrogens (tertiary/aromatic N) is 3. The maximum atomic E-state index is 11.6. The summed E-state index contributed by atoms with van der Waals surface area (Å²) in [6.45, 7) is 0.0596. The highest BCUT2D eigenvalue weighted by atomic mass is 16.5. The number of aromatic nitrogens is 2. The summed E-state index contributed by atoms with van der Waals surface area (Å²) in [5, 5.41) is 6.60. The van der Waals surface area contributed by atoms with Gasteiger partial charge >= 0.3 is 6.03 Å². The van der Waals surface area contributed by atoms with Crippen LogP contribution in [0.25, 0.3) is 0 Å². The van der Waals surface area contributed by atoms with Gasteiger partial charge in [0, 0.05) is 13.0 Å². The number of amides is 3. The second kappa shape index (κ2) is 7.05. The van der Waals surface area contributed by atoms with Crippen LogP contribution in [0.15, 0.2) is 4.52 Å². The van der Waals surface area contributed by atoms with Crippen molar-refractivity contribution in [1.29, 1.82) is 0 Å². The molecule has 1 aromatic heterocycles. The minimum Gasteiger partial charge on any atom is -0.351 e. The molecule has 8 heteroatoms. The van der Waals surface area contributed by atoms with Gasteiger partial charge in [-0.15, -0.1) is 0 Å². The van der Waals surface area contributed by atoms with Crippen molar-refractivity contribution < 1.29 is 14.1 Å². The highest BCUT2D eigenvalue weighted by Gasteiger charge is 2.21. The van der Waals surface area contributed by atoms with Crippen LogP contribution in [0, 0.1) is 0 Å². The molecular formula is C13H21N5O3. The third-order valence-electron chi connectivity index (χ3n) is 3.65. The predicted octanol–water partition coefficient (Wildman–Crippen LogP) is 0.744. The van der Waals surface area contributed by atoms with E-state index in [1.807, 2.05) is 0 Å². The van der Waals surface area contributed by atoms with Crippen molar-refractivity contribution in [2.75, 3.05) is 13.6 Å². The van der Waals surface area contributed by atoms with Crippen LogP contribution >= 0.6 is 0 Å². The van der Waals surface area contributed by atoms with Gasteiger partial charge in [-0.25, -0.2) is 4.79 Å². The van der Waals surface area contributed by atoms with Crippen LogP contribution < -0.4 is 11.1 Å². The minimum atomic E-state index is -0.650. The summed E-state index contributed by atoms with van der Waals surface area (Å²) in [5.74, 6) is 1.15. The van der Waals surface area contributed by atoms with Crippen molar-refractivity contribution in [2.24, 2.45) is 5.73 Å². The number of carbonyl (C=O) groups is 2. The molecule has 0 unspecified atom stereocenters. The second-order valence-corrected chi connectivity index (χ2v) is 5.35. The van der Waals surface area contributed by atoms with Crippen molar-refractivity contribution in [3.8, 4) is 0 Å². The molecule has 21 heavy (non-hydrogen) atoms. The quantitative estimate of drug-likeness (QED) is 0.831. The van der Waals surface area contributed by atoms with Crippen LogP contribution in [0.2, 0.25) is 0 Å². The molecule has 1 fully saturated rings. The first-order valence-corrected chi connectivity index (χ1v) is 7.16. The smallest absolute Gasteiger partial charge is 0.314 e. The Morgan fingerprint density at radius 3 is 2.76 bits per heavy atom. The summed E-state index contributed by atoms with van der Waals surface area (Å²) in [6.07, 6.45) is 5.85. The van der Waals surface area contributed by atoms with E-state index in [-0.39, 0.29) is 19.0 Å². The summed E-state index contributed by atoms with van der Waals surface area (Å²) in [7, 11) is 1.45. The average molecular weight is 295 g/mol. The van der Waals surface area contributed by atoms with E-state index in [1.165, 1.54) is 26.3 Å². The largest absolute Gasteiger partial charge is 0.351 e. The molecule has 0 aromatic carbocycles. The Morgan fingerprint density at radius 2 is 2.10 bits per heavy atom. The van der Waals surface area contributed by atoms with Gasteiger partial charge < -0.3 is 20.5 Å². The molecule has 2 rings (SSSR count). The predicted molar refractivity (Wildman–Crippen MR) is 74.2 cm³/mol. The van der Waals surface area contributed by atoms with E-state index in [0.717, 1.165) is 23.6 Å². The summed E-state index contributed by atoms with van der Waals surface area (Å²) >= 11 is 0. The van der Waals surface area contributed by atoms with Gasteiger partial charge in [0.1, 0.15) is 6.54 Å². The summed E-state index contributed by atoms with van der Waals surface area (Å²) in [4.78, 5) is 27.8. The van der Waals surface area contributed by atoms with Gasteiger partial charge in [0.2, 0.25) is 11.8 Å². The molecule has 1 aromatic rings. The van der Waals surface area contributed by atoms with Crippen molar-refractivity contribution in [3.63, 3.8) is 0 Å². The molecule has 3 amide bonds. The molecule has 0 atom stereocenters. The van der Waals surface area contributed by atoms with Crippen LogP contribution in [0.3, 0.4) is 0 Å². The zero-order valence-corrected chi connectivity index (χ0v) is 12.2. The molecule has 1 aliphatic rings. The first-order valence-electron chi connectivity index (χ1n) is 7.16. The van der Waals surface area contributed by atoms with Crippen LogP contribution in [0.5, 0.6) is 0 Å². The maximum absolute atomic E-state index is 11.6. The molecule has 116 valence electrons. The lowest BCUT2D eigenvalue weighted by Crippen LogP contribution is -2.40. The molecule has 8 nitrogen and oxygen atoms in total. The van der Waals surface area contributed by atoms with E-state index >= 15 is 0 Å². The fourth-order valence-electron chi connectivity index (χ4n) is 2.39. The van der Waals surface area contributed by atoms with E-state index in [4.69, 9.17) is 10.3 Å². The number of nitrogens with two attached hydrogens (primary N) is 1. The van der Waals surface area contributed by atoms with E-state index in [2.05, 4.69) is 15.5 Å². The van der Waals surface area contributed by atoms with Gasteiger partial charge in [-0.2, -0.15) is 4.98 Å². The number of nitrogens with one attached hydrogen (secondary N) is 1. The van der Waals surface area contributed by atoms with Crippen molar-refractivity contribution >= 4 is 11.9 Å². The fraction of sp³-hybridized carbons (Fsp3) is 0.692. The third kappa shape index (κ3) is 4.44. The third-order valence-corrected chi connectivity index (χ3v) is 3.65. The highest BCUT2D eigenvalue weighted by molar-refractivity contribution is 5.83. The van der Waals surface area contributed by atoms with Crippen molar-refractivity contribution in [1.82, 2.24) is 20.4 Å². The molecule has 0 aliphatic heterocycles. The first kappa shape index (κ1) is 15.3. The Balaban J connectivity index is 1.79. The summed E-state index contributed by atoms with van der Waals surface area (Å²) in [6, 6.07) is -0.650. The molecular weight excluding hydrogens is 274 g/mol. The van der Waals surface area contributed by atoms with E-state index < -0.39 is 6.03 Å². The van der Waals surface area contributed by atoms with E-state index in [0.29, 0.717) is 11.8 Å². The molecule has 1 saturated carbocycles. The van der Waals surface area contributed by atoms with Gasteiger partial charge in [-0.05, 0) is 12.8 Å². The molecule has 3 N–H and O–H groups in total. The topological polar surface area (TPSA) is 114 Å². The zero-order valence-electron chi connectivity index (χ0n) is 12.2. The van der Waals surface area contributed by atoms with Crippen LogP contribution in [0.1, 0.15) is 49.7 Å². The maximum Gasteiger partial charge on any atom is 0.314 e. The second-order valence-electron chi connectivity index (χ2n) is 5.35. The number of rotatable bonds is 5. The average Bonchev–Trinajstić information content (AvgIpc) is 2.95. The molecule has 0 radical (unpaired) electrons. The lowest BCUT2D eigenvalue weighted by Gasteiger charge is -2.17. The van der Waals surface area contributed by atoms with Gasteiger partial charge in [0.05, 0.1) is 6.54 Å². The number of carbonyl (C=O) groups excluding carboxylic acids is 2. The summed E-state index contributed by atoms with van der Waals surface area (Å²) in [5.41, 5.74) is 5.04. The number of urea groups is 1. The monoisotopic (exact) mass is 295 g/mol. The number of primary amides is 1. The molecule has 1 heterocycles. The number of hydrogen-bond acceptors (Lipinski definition) is 5. The zero-order chi connectivity index (χ0) is 15.2. The summed E-state index contributed by atoms with van der Waals surface area (Å²) < 4.78 is 5.14. The standard InChI is InChI=1S/C13H21N5O3/c1-18(13(14)20)8-10(19)15-7-11-16-12(17-21-11)9-5-3-2-4-6-9/h9H,2-8H2,1H3,(H2,14,20)(H,15,19). The molecule has 0 spiro atoms. The lowest BCUT2D eigenvalue weighted by molar-refractivity contribution is -0.121. The lowest BCUT2D eigenvalue weighted by atomic mass is 9.89. The van der Waals surface area contributed by atoms with Gasteiger partial charge in [0.15, 0.2) is 5.82 Å². The first-order chi connectivity index (χ1) is 10.1. The minimum absolute atomic E-state index is 0.0983. The number of hydrogen-bond donors (Lipinski definition) is 2. The highest BCUT2D eigenvalue weighted by Crippen LogP contribution is 2.30. The van der Waals surface area contributed by atoms with Crippen LogP contribution in [-0.2, 0) is 11.3 Å². The SMILES string of the molecule is CN(CC(=O)NCc1nc(C2CCCCC2)no1)C(N)=O. The Hall–Kier alpha value is -2.12. The van der Waals surface area contributed by atoms with E-state index in [1.54, 1.807) is 0 Å².